The lowest BCUT2D eigenvalue weighted by Crippen LogP contribution is -2.05. The first kappa shape index (κ1) is 20.0. The number of alkyl halides is 3. The van der Waals surface area contributed by atoms with Gasteiger partial charge in [-0.1, -0.05) is 17.3 Å². The number of halogens is 5. The van der Waals surface area contributed by atoms with E-state index in [-0.39, 0.29) is 28.1 Å². The third kappa shape index (κ3) is 3.64. The molecule has 10 heteroatoms. The predicted octanol–water partition coefficient (Wildman–Crippen LogP) is 5.02. The molecule has 0 aliphatic rings. The quantitative estimate of drug-likeness (QED) is 0.562. The van der Waals surface area contributed by atoms with Gasteiger partial charge >= 0.3 is 6.18 Å². The number of aromatic nitrogens is 1. The van der Waals surface area contributed by atoms with Gasteiger partial charge in [0.1, 0.15) is 28.0 Å². The molecule has 0 amide bonds. The van der Waals surface area contributed by atoms with E-state index in [2.05, 4.69) is 5.16 Å². The molecule has 0 fully saturated rings. The zero-order chi connectivity index (χ0) is 20.9. The van der Waals surface area contributed by atoms with E-state index in [9.17, 15) is 30.4 Å². The van der Waals surface area contributed by atoms with Gasteiger partial charge in [-0.25, -0.2) is 17.2 Å². The molecule has 1 heterocycles. The SMILES string of the molecule is Cc1onc(-c2cccc(C(F)(F)F)c2)c1-c1cc(F)c(S(C)(=O)=O)c(F)c1. The molecule has 0 aliphatic carbocycles. The summed E-state index contributed by atoms with van der Waals surface area (Å²) in [5, 5.41) is 3.71. The van der Waals surface area contributed by atoms with Crippen LogP contribution in [-0.2, 0) is 16.0 Å². The zero-order valence-corrected chi connectivity index (χ0v) is 15.3. The number of aryl methyl sites for hydroxylation is 1. The molecule has 4 nitrogen and oxygen atoms in total. The van der Waals surface area contributed by atoms with Gasteiger partial charge in [0.2, 0.25) is 0 Å². The summed E-state index contributed by atoms with van der Waals surface area (Å²) in [7, 11) is -4.16. The van der Waals surface area contributed by atoms with Gasteiger partial charge in [0, 0.05) is 11.8 Å². The van der Waals surface area contributed by atoms with Gasteiger partial charge in [-0.15, -0.1) is 0 Å². The van der Waals surface area contributed by atoms with E-state index in [1.807, 2.05) is 0 Å². The summed E-state index contributed by atoms with van der Waals surface area (Å²) in [5.74, 6) is -2.56. The van der Waals surface area contributed by atoms with E-state index < -0.39 is 38.1 Å². The van der Waals surface area contributed by atoms with E-state index in [1.54, 1.807) is 0 Å². The Morgan fingerprint density at radius 2 is 1.61 bits per heavy atom. The Bertz CT molecular complexity index is 1140. The van der Waals surface area contributed by atoms with Crippen molar-refractivity contribution in [3.05, 3.63) is 59.4 Å². The van der Waals surface area contributed by atoms with Crippen molar-refractivity contribution in [2.75, 3.05) is 6.26 Å². The summed E-state index contributed by atoms with van der Waals surface area (Å²) in [6, 6.07) is 5.76. The fourth-order valence-corrected chi connectivity index (χ4v) is 3.64. The highest BCUT2D eigenvalue weighted by Crippen LogP contribution is 2.38. The lowest BCUT2D eigenvalue weighted by atomic mass is 9.98. The molecule has 1 aromatic heterocycles. The van der Waals surface area contributed by atoms with E-state index in [0.717, 1.165) is 24.3 Å². The minimum atomic E-state index is -4.59. The minimum Gasteiger partial charge on any atom is -0.360 e. The number of rotatable bonds is 3. The van der Waals surface area contributed by atoms with Crippen LogP contribution in [0.3, 0.4) is 0 Å². The topological polar surface area (TPSA) is 60.2 Å². The van der Waals surface area contributed by atoms with Crippen molar-refractivity contribution >= 4 is 9.84 Å². The smallest absolute Gasteiger partial charge is 0.360 e. The molecule has 0 N–H and O–H groups in total. The van der Waals surface area contributed by atoms with Crippen LogP contribution >= 0.6 is 0 Å². The molecule has 0 spiro atoms. The molecule has 3 rings (SSSR count). The molecule has 0 unspecified atom stereocenters. The summed E-state index contributed by atoms with van der Waals surface area (Å²) >= 11 is 0. The van der Waals surface area contributed by atoms with Gasteiger partial charge in [0.25, 0.3) is 0 Å². The lowest BCUT2D eigenvalue weighted by Gasteiger charge is -2.10. The molecule has 0 radical (unpaired) electrons. The molecule has 3 aromatic rings. The van der Waals surface area contributed by atoms with Crippen LogP contribution in [0.25, 0.3) is 22.4 Å². The standard InChI is InChI=1S/C18H12F5NO3S/c1-9-15(11-7-13(19)17(14(20)8-11)28(2,25)26)16(24-27-9)10-4-3-5-12(6-10)18(21,22)23/h3-8H,1-2H3. The second-order valence-corrected chi connectivity index (χ2v) is 8.03. The second-order valence-electron chi connectivity index (χ2n) is 6.08. The number of nitrogens with zero attached hydrogens (tertiary/aromatic N) is 1. The van der Waals surface area contributed by atoms with Crippen LogP contribution in [0.5, 0.6) is 0 Å². The summed E-state index contributed by atoms with van der Waals surface area (Å²) in [4.78, 5) is -1.09. The Balaban J connectivity index is 2.21. The Labute approximate surface area is 156 Å². The van der Waals surface area contributed by atoms with Crippen LogP contribution in [-0.4, -0.2) is 19.8 Å². The van der Waals surface area contributed by atoms with Gasteiger partial charge in [-0.2, -0.15) is 13.2 Å². The first-order valence-electron chi connectivity index (χ1n) is 7.73. The summed E-state index contributed by atoms with van der Waals surface area (Å²) in [5.41, 5.74) is -1.03. The highest BCUT2D eigenvalue weighted by molar-refractivity contribution is 7.90. The molecule has 2 aromatic carbocycles. The number of hydrogen-bond acceptors (Lipinski definition) is 4. The van der Waals surface area contributed by atoms with Gasteiger partial charge < -0.3 is 4.52 Å². The molecular weight excluding hydrogens is 405 g/mol. The first-order valence-corrected chi connectivity index (χ1v) is 9.62. The molecule has 0 aliphatic heterocycles. The zero-order valence-electron chi connectivity index (χ0n) is 14.4. The Kier molecular flexibility index (Phi) is 4.78. The Hall–Kier alpha value is -2.75. The van der Waals surface area contributed by atoms with Gasteiger partial charge in [-0.05, 0) is 36.8 Å². The van der Waals surface area contributed by atoms with E-state index in [4.69, 9.17) is 4.52 Å². The largest absolute Gasteiger partial charge is 0.416 e. The number of hydrogen-bond donors (Lipinski definition) is 0. The van der Waals surface area contributed by atoms with Crippen molar-refractivity contribution in [2.45, 2.75) is 18.0 Å². The van der Waals surface area contributed by atoms with Crippen LogP contribution in [0.2, 0.25) is 0 Å². The molecule has 148 valence electrons. The molecule has 0 saturated carbocycles. The lowest BCUT2D eigenvalue weighted by molar-refractivity contribution is -0.137. The summed E-state index contributed by atoms with van der Waals surface area (Å²) < 4.78 is 95.6. The van der Waals surface area contributed by atoms with Crippen LogP contribution in [0, 0.1) is 18.6 Å². The van der Waals surface area contributed by atoms with E-state index >= 15 is 0 Å². The van der Waals surface area contributed by atoms with Crippen molar-refractivity contribution < 1.29 is 34.9 Å². The fourth-order valence-electron chi connectivity index (χ4n) is 2.81. The Morgan fingerprint density at radius 1 is 1.00 bits per heavy atom. The summed E-state index contributed by atoms with van der Waals surface area (Å²) in [6.07, 6.45) is -3.93. The molecular formula is C18H12F5NO3S. The van der Waals surface area contributed by atoms with Crippen LogP contribution in [0.15, 0.2) is 45.8 Å². The number of sulfone groups is 1. The fraction of sp³-hybridized carbons (Fsp3) is 0.167. The maximum Gasteiger partial charge on any atom is 0.416 e. The van der Waals surface area contributed by atoms with Crippen molar-refractivity contribution in [3.63, 3.8) is 0 Å². The van der Waals surface area contributed by atoms with Gasteiger partial charge in [0.15, 0.2) is 9.84 Å². The molecule has 28 heavy (non-hydrogen) atoms. The molecule has 0 saturated heterocycles. The average Bonchev–Trinajstić information content (AvgIpc) is 2.94. The van der Waals surface area contributed by atoms with Crippen molar-refractivity contribution in [3.8, 4) is 22.4 Å². The van der Waals surface area contributed by atoms with E-state index in [1.165, 1.54) is 19.1 Å². The van der Waals surface area contributed by atoms with Crippen LogP contribution in [0.4, 0.5) is 22.0 Å². The predicted molar refractivity (Wildman–Crippen MR) is 90.1 cm³/mol. The maximum absolute atomic E-state index is 14.3. The van der Waals surface area contributed by atoms with Crippen molar-refractivity contribution in [1.82, 2.24) is 5.16 Å². The average molecular weight is 417 g/mol. The first-order chi connectivity index (χ1) is 12.9. The highest BCUT2D eigenvalue weighted by atomic mass is 32.2. The molecule has 0 atom stereocenters. The van der Waals surface area contributed by atoms with Crippen LogP contribution < -0.4 is 0 Å². The third-order valence-electron chi connectivity index (χ3n) is 3.98. The number of benzene rings is 2. The highest BCUT2D eigenvalue weighted by Gasteiger charge is 2.31. The van der Waals surface area contributed by atoms with Crippen LogP contribution in [0.1, 0.15) is 11.3 Å². The normalized spacial score (nSPS) is 12.4. The maximum atomic E-state index is 14.3. The molecule has 0 bridgehead atoms. The Morgan fingerprint density at radius 3 is 2.14 bits per heavy atom. The van der Waals surface area contributed by atoms with Crippen molar-refractivity contribution in [2.24, 2.45) is 0 Å². The van der Waals surface area contributed by atoms with E-state index in [0.29, 0.717) is 6.26 Å². The summed E-state index contributed by atoms with van der Waals surface area (Å²) in [6.45, 7) is 1.42. The second kappa shape index (κ2) is 6.69. The van der Waals surface area contributed by atoms with Crippen molar-refractivity contribution in [1.29, 1.82) is 0 Å². The van der Waals surface area contributed by atoms with Gasteiger partial charge in [-0.3, -0.25) is 0 Å². The minimum absolute atomic E-state index is 0.0229. The monoisotopic (exact) mass is 417 g/mol. The third-order valence-corrected chi connectivity index (χ3v) is 5.12. The van der Waals surface area contributed by atoms with Gasteiger partial charge in [0.05, 0.1) is 11.1 Å².